The van der Waals surface area contributed by atoms with Crippen LogP contribution in [0.1, 0.15) is 5.56 Å². The molecule has 70 valence electrons. The molecule has 0 unspecified atom stereocenters. The summed E-state index contributed by atoms with van der Waals surface area (Å²) in [6, 6.07) is 3.28. The fourth-order valence-electron chi connectivity index (χ4n) is 1.06. The van der Waals surface area contributed by atoms with E-state index in [1.54, 1.807) is 12.1 Å². The maximum atomic E-state index is 8.94. The Balaban J connectivity index is 3.22. The molecule has 3 nitrogen and oxygen atoms in total. The van der Waals surface area contributed by atoms with Crippen molar-refractivity contribution in [2.45, 2.75) is 6.92 Å². The minimum atomic E-state index is -1.46. The zero-order valence-corrected chi connectivity index (χ0v) is 9.00. The summed E-state index contributed by atoms with van der Waals surface area (Å²) in [7, 11) is 0.0771. The molecule has 0 bridgehead atoms. The Hall–Kier alpha value is -0.515. The predicted molar refractivity (Wildman–Crippen MR) is 55.3 cm³/mol. The highest BCUT2D eigenvalue weighted by atomic mass is 79.9. The van der Waals surface area contributed by atoms with Crippen LogP contribution in [0.4, 0.5) is 0 Å². The molecule has 1 aromatic rings. The maximum Gasteiger partial charge on any atom is 0.488 e. The molecular weight excluding hydrogens is 235 g/mol. The van der Waals surface area contributed by atoms with Crippen LogP contribution < -0.4 is 10.2 Å². The van der Waals surface area contributed by atoms with Crippen molar-refractivity contribution < 1.29 is 14.8 Å². The lowest BCUT2D eigenvalue weighted by molar-refractivity contribution is 0.409. The first-order chi connectivity index (χ1) is 6.06. The lowest BCUT2D eigenvalue weighted by atomic mass is 9.79. The summed E-state index contributed by atoms with van der Waals surface area (Å²) in [4.78, 5) is 0. The molecule has 5 heteroatoms. The summed E-state index contributed by atoms with van der Waals surface area (Å²) in [5, 5.41) is 17.9. The number of methoxy groups -OCH3 is 1. The molecule has 13 heavy (non-hydrogen) atoms. The fourth-order valence-corrected chi connectivity index (χ4v) is 1.45. The van der Waals surface area contributed by atoms with Crippen LogP contribution >= 0.6 is 15.9 Å². The molecule has 0 radical (unpaired) electrons. The zero-order chi connectivity index (χ0) is 10.0. The van der Waals surface area contributed by atoms with Crippen LogP contribution in [0, 0.1) is 6.92 Å². The molecular formula is C8H10BBrO3. The van der Waals surface area contributed by atoms with Crippen molar-refractivity contribution in [1.29, 1.82) is 0 Å². The van der Waals surface area contributed by atoms with Gasteiger partial charge in [0.2, 0.25) is 0 Å². The van der Waals surface area contributed by atoms with E-state index in [9.17, 15) is 0 Å². The third-order valence-electron chi connectivity index (χ3n) is 1.76. The highest BCUT2D eigenvalue weighted by Crippen LogP contribution is 2.26. The number of ether oxygens (including phenoxy) is 1. The van der Waals surface area contributed by atoms with Crippen molar-refractivity contribution in [3.05, 3.63) is 22.2 Å². The quantitative estimate of drug-likeness (QED) is 0.743. The molecule has 0 heterocycles. The highest BCUT2D eigenvalue weighted by Gasteiger charge is 2.14. The van der Waals surface area contributed by atoms with Crippen molar-refractivity contribution in [1.82, 2.24) is 0 Å². The van der Waals surface area contributed by atoms with Crippen molar-refractivity contribution >= 4 is 28.5 Å². The van der Waals surface area contributed by atoms with Gasteiger partial charge in [-0.3, -0.25) is 0 Å². The van der Waals surface area contributed by atoms with Gasteiger partial charge in [-0.15, -0.1) is 0 Å². The Morgan fingerprint density at radius 1 is 1.38 bits per heavy atom. The summed E-state index contributed by atoms with van der Waals surface area (Å²) in [6.07, 6.45) is 0. The van der Waals surface area contributed by atoms with E-state index in [4.69, 9.17) is 14.8 Å². The average Bonchev–Trinajstić information content (AvgIpc) is 2.09. The van der Waals surface area contributed by atoms with Gasteiger partial charge in [0.05, 0.1) is 11.6 Å². The third kappa shape index (κ3) is 2.24. The molecule has 0 aromatic heterocycles. The number of hydrogen-bond donors (Lipinski definition) is 2. The highest BCUT2D eigenvalue weighted by molar-refractivity contribution is 9.10. The zero-order valence-electron chi connectivity index (χ0n) is 7.41. The summed E-state index contributed by atoms with van der Waals surface area (Å²) in [5.74, 6) is 0.600. The minimum absolute atomic E-state index is 0.428. The monoisotopic (exact) mass is 244 g/mol. The number of hydrogen-bond acceptors (Lipinski definition) is 3. The number of rotatable bonds is 2. The van der Waals surface area contributed by atoms with Gasteiger partial charge in [0.25, 0.3) is 0 Å². The van der Waals surface area contributed by atoms with Crippen LogP contribution in [0.5, 0.6) is 5.75 Å². The molecule has 1 aromatic carbocycles. The lowest BCUT2D eigenvalue weighted by Gasteiger charge is -2.08. The lowest BCUT2D eigenvalue weighted by Crippen LogP contribution is -2.30. The van der Waals surface area contributed by atoms with Crippen molar-refractivity contribution in [3.8, 4) is 5.75 Å². The third-order valence-corrected chi connectivity index (χ3v) is 2.78. The maximum absolute atomic E-state index is 8.94. The second kappa shape index (κ2) is 4.13. The van der Waals surface area contributed by atoms with Crippen LogP contribution in [0.3, 0.4) is 0 Å². The molecule has 2 N–H and O–H groups in total. The topological polar surface area (TPSA) is 49.7 Å². The van der Waals surface area contributed by atoms with E-state index >= 15 is 0 Å². The van der Waals surface area contributed by atoms with Crippen LogP contribution in [0.15, 0.2) is 16.6 Å². The Bertz CT molecular complexity index is 315. The van der Waals surface area contributed by atoms with E-state index in [0.717, 1.165) is 10.0 Å². The van der Waals surface area contributed by atoms with E-state index in [1.807, 2.05) is 6.92 Å². The van der Waals surface area contributed by atoms with Gasteiger partial charge in [0, 0.05) is 0 Å². The predicted octanol–water partition coefficient (Wildman–Crippen LogP) is 0.446. The van der Waals surface area contributed by atoms with E-state index < -0.39 is 7.12 Å². The van der Waals surface area contributed by atoms with E-state index in [-0.39, 0.29) is 0 Å². The van der Waals surface area contributed by atoms with E-state index in [2.05, 4.69) is 15.9 Å². The van der Waals surface area contributed by atoms with Gasteiger partial charge in [0.15, 0.2) is 0 Å². The Labute approximate surface area is 85.6 Å². The second-order valence-electron chi connectivity index (χ2n) is 2.73. The van der Waals surface area contributed by atoms with Crippen LogP contribution in [-0.4, -0.2) is 24.3 Å². The molecule has 0 spiro atoms. The van der Waals surface area contributed by atoms with Gasteiger partial charge >= 0.3 is 7.12 Å². The summed E-state index contributed by atoms with van der Waals surface area (Å²) < 4.78 is 5.88. The normalized spacial score (nSPS) is 9.92. The molecule has 0 atom stereocenters. The first-order valence-corrected chi connectivity index (χ1v) is 4.55. The SMILES string of the molecule is COc1cc(B(O)O)cc(C)c1Br. The molecule has 0 aliphatic rings. The Morgan fingerprint density at radius 2 is 2.00 bits per heavy atom. The molecule has 0 saturated carbocycles. The number of benzene rings is 1. The molecule has 0 aliphatic carbocycles. The largest absolute Gasteiger partial charge is 0.496 e. The number of aryl methyl sites for hydroxylation is 1. The van der Waals surface area contributed by atoms with E-state index in [1.165, 1.54) is 7.11 Å². The van der Waals surface area contributed by atoms with Crippen LogP contribution in [0.2, 0.25) is 0 Å². The van der Waals surface area contributed by atoms with Gasteiger partial charge in [0.1, 0.15) is 5.75 Å². The minimum Gasteiger partial charge on any atom is -0.496 e. The van der Waals surface area contributed by atoms with Gasteiger partial charge in [-0.1, -0.05) is 6.07 Å². The number of halogens is 1. The summed E-state index contributed by atoms with van der Waals surface area (Å²) in [6.45, 7) is 1.86. The molecule has 0 fully saturated rings. The summed E-state index contributed by atoms with van der Waals surface area (Å²) >= 11 is 3.34. The Kier molecular flexibility index (Phi) is 3.36. The smallest absolute Gasteiger partial charge is 0.488 e. The first kappa shape index (κ1) is 10.6. The van der Waals surface area contributed by atoms with Gasteiger partial charge in [-0.2, -0.15) is 0 Å². The first-order valence-electron chi connectivity index (χ1n) is 3.76. The second-order valence-corrected chi connectivity index (χ2v) is 3.52. The fraction of sp³-hybridized carbons (Fsp3) is 0.250. The van der Waals surface area contributed by atoms with Crippen LogP contribution in [0.25, 0.3) is 0 Å². The standard InChI is InChI=1S/C8H10BBrO3/c1-5-3-6(9(11)12)4-7(13-2)8(5)10/h3-4,11-12H,1-2H3. The van der Waals surface area contributed by atoms with E-state index in [0.29, 0.717) is 11.2 Å². The molecule has 0 amide bonds. The Morgan fingerprint density at radius 3 is 2.46 bits per heavy atom. The average molecular weight is 245 g/mol. The molecule has 1 rings (SSSR count). The molecule has 0 aliphatic heterocycles. The van der Waals surface area contributed by atoms with Gasteiger partial charge in [-0.05, 0) is 39.9 Å². The van der Waals surface area contributed by atoms with Crippen LogP contribution in [-0.2, 0) is 0 Å². The van der Waals surface area contributed by atoms with Gasteiger partial charge < -0.3 is 14.8 Å². The van der Waals surface area contributed by atoms with Crippen molar-refractivity contribution in [3.63, 3.8) is 0 Å². The molecule has 0 saturated heterocycles. The van der Waals surface area contributed by atoms with Gasteiger partial charge in [-0.25, -0.2) is 0 Å². The summed E-state index contributed by atoms with van der Waals surface area (Å²) in [5.41, 5.74) is 1.33. The van der Waals surface area contributed by atoms with Crippen molar-refractivity contribution in [2.75, 3.05) is 7.11 Å². The van der Waals surface area contributed by atoms with Crippen molar-refractivity contribution in [2.24, 2.45) is 0 Å².